The summed E-state index contributed by atoms with van der Waals surface area (Å²) in [6, 6.07) is 3.85. The lowest BCUT2D eigenvalue weighted by Crippen LogP contribution is -2.28. The van der Waals surface area contributed by atoms with Crippen molar-refractivity contribution in [3.05, 3.63) is 55.4 Å². The maximum absolute atomic E-state index is 12.6. The summed E-state index contributed by atoms with van der Waals surface area (Å²) < 4.78 is 6.32. The number of aromatic nitrogens is 2. The van der Waals surface area contributed by atoms with Crippen molar-refractivity contribution in [2.75, 3.05) is 12.4 Å². The number of nitrogens with zero attached hydrogens (tertiary/aromatic N) is 3. The van der Waals surface area contributed by atoms with Crippen LogP contribution >= 0.6 is 11.3 Å². The zero-order valence-electron chi connectivity index (χ0n) is 14.8. The molecule has 1 aromatic carbocycles. The third-order valence-electron chi connectivity index (χ3n) is 4.14. The van der Waals surface area contributed by atoms with Crippen LogP contribution in [0.3, 0.4) is 0 Å². The number of carbonyl (C=O) groups is 1. The summed E-state index contributed by atoms with van der Waals surface area (Å²) in [5, 5.41) is 14.0. The van der Waals surface area contributed by atoms with Gasteiger partial charge in [0.25, 0.3) is 11.2 Å². The number of carbonyl (C=O) groups excluding carboxylic acids is 1. The highest BCUT2D eigenvalue weighted by Gasteiger charge is 2.16. The van der Waals surface area contributed by atoms with E-state index in [2.05, 4.69) is 10.3 Å². The van der Waals surface area contributed by atoms with Crippen LogP contribution in [0.2, 0.25) is 0 Å². The van der Waals surface area contributed by atoms with Gasteiger partial charge in [-0.05, 0) is 25.5 Å². The molecule has 0 saturated heterocycles. The highest BCUT2D eigenvalue weighted by atomic mass is 32.1. The Labute approximate surface area is 157 Å². The molecule has 0 spiro atoms. The van der Waals surface area contributed by atoms with Crippen molar-refractivity contribution in [2.24, 2.45) is 0 Å². The first-order chi connectivity index (χ1) is 12.8. The number of anilines is 1. The first-order valence-corrected chi connectivity index (χ1v) is 8.71. The molecule has 0 saturated carbocycles. The van der Waals surface area contributed by atoms with E-state index in [1.165, 1.54) is 47.5 Å². The van der Waals surface area contributed by atoms with E-state index in [9.17, 15) is 19.7 Å². The highest BCUT2D eigenvalue weighted by Crippen LogP contribution is 2.29. The van der Waals surface area contributed by atoms with Crippen LogP contribution in [0, 0.1) is 24.0 Å². The van der Waals surface area contributed by atoms with Gasteiger partial charge < -0.3 is 10.1 Å². The summed E-state index contributed by atoms with van der Waals surface area (Å²) in [4.78, 5) is 41.2. The molecule has 3 aromatic rings. The van der Waals surface area contributed by atoms with Gasteiger partial charge in [0.2, 0.25) is 5.91 Å². The molecule has 3 rings (SSSR count). The van der Waals surface area contributed by atoms with Gasteiger partial charge in [0, 0.05) is 10.9 Å². The lowest BCUT2D eigenvalue weighted by Gasteiger charge is -2.11. The maximum atomic E-state index is 12.6. The van der Waals surface area contributed by atoms with Gasteiger partial charge in [0.1, 0.15) is 17.1 Å². The third kappa shape index (κ3) is 3.51. The monoisotopic (exact) mass is 388 g/mol. The quantitative estimate of drug-likeness (QED) is 0.530. The average Bonchev–Trinajstić information content (AvgIpc) is 2.92. The molecule has 1 N–H and O–H groups in total. The van der Waals surface area contributed by atoms with E-state index in [-0.39, 0.29) is 29.2 Å². The van der Waals surface area contributed by atoms with Crippen LogP contribution in [0.25, 0.3) is 10.2 Å². The van der Waals surface area contributed by atoms with E-state index in [0.717, 1.165) is 10.4 Å². The largest absolute Gasteiger partial charge is 0.494 e. The number of thiophene rings is 1. The molecular weight excluding hydrogens is 372 g/mol. The second-order valence-corrected chi connectivity index (χ2v) is 7.03. The summed E-state index contributed by atoms with van der Waals surface area (Å²) >= 11 is 1.44. The Morgan fingerprint density at radius 3 is 2.81 bits per heavy atom. The smallest absolute Gasteiger partial charge is 0.273 e. The van der Waals surface area contributed by atoms with Gasteiger partial charge in [-0.15, -0.1) is 11.3 Å². The molecule has 0 unspecified atom stereocenters. The van der Waals surface area contributed by atoms with E-state index < -0.39 is 10.8 Å². The third-order valence-corrected chi connectivity index (χ3v) is 5.26. The fourth-order valence-electron chi connectivity index (χ4n) is 2.62. The number of fused-ring (bicyclic) bond motifs is 1. The number of benzene rings is 1. The Kier molecular flexibility index (Phi) is 4.91. The molecule has 27 heavy (non-hydrogen) atoms. The number of nitro benzene ring substituents is 1. The van der Waals surface area contributed by atoms with Crippen LogP contribution in [-0.2, 0) is 11.3 Å². The van der Waals surface area contributed by atoms with Crippen LogP contribution in [0.1, 0.15) is 10.4 Å². The standard InChI is InChI=1S/C17H16N4O5S/c1-9-10(2)27-16-15(9)17(23)20(8-18-16)7-14(22)19-12-5-4-11(21(24)25)6-13(12)26-3/h4-6,8H,7H2,1-3H3,(H,19,22). The molecular formula is C17H16N4O5S. The van der Waals surface area contributed by atoms with E-state index in [1.807, 2.05) is 13.8 Å². The van der Waals surface area contributed by atoms with E-state index in [1.54, 1.807) is 0 Å². The Bertz CT molecular complexity index is 1120. The first kappa shape index (κ1) is 18.5. The summed E-state index contributed by atoms with van der Waals surface area (Å²) in [5.74, 6) is -0.321. The van der Waals surface area contributed by atoms with Gasteiger partial charge in [-0.1, -0.05) is 0 Å². The van der Waals surface area contributed by atoms with Gasteiger partial charge in [-0.2, -0.15) is 0 Å². The molecule has 0 atom stereocenters. The van der Waals surface area contributed by atoms with Crippen LogP contribution in [0.15, 0.2) is 29.3 Å². The number of amides is 1. The number of hydrogen-bond acceptors (Lipinski definition) is 7. The number of non-ortho nitro benzene ring substituents is 1. The number of nitrogens with one attached hydrogen (secondary N) is 1. The molecule has 0 radical (unpaired) electrons. The molecule has 140 valence electrons. The second-order valence-electron chi connectivity index (χ2n) is 5.83. The SMILES string of the molecule is COc1cc([N+](=O)[O-])ccc1NC(=O)Cn1cnc2sc(C)c(C)c2c1=O. The minimum atomic E-state index is -0.556. The summed E-state index contributed by atoms with van der Waals surface area (Å²) in [6.45, 7) is 3.53. The van der Waals surface area contributed by atoms with E-state index in [4.69, 9.17) is 4.74 Å². The highest BCUT2D eigenvalue weighted by molar-refractivity contribution is 7.18. The maximum Gasteiger partial charge on any atom is 0.273 e. The Hall–Kier alpha value is -3.27. The zero-order valence-corrected chi connectivity index (χ0v) is 15.6. The van der Waals surface area contributed by atoms with Crippen molar-refractivity contribution in [2.45, 2.75) is 20.4 Å². The van der Waals surface area contributed by atoms with E-state index in [0.29, 0.717) is 10.2 Å². The van der Waals surface area contributed by atoms with Crippen molar-refractivity contribution in [1.82, 2.24) is 9.55 Å². The molecule has 0 aliphatic heterocycles. The Balaban J connectivity index is 1.85. The van der Waals surface area contributed by atoms with Crippen LogP contribution < -0.4 is 15.6 Å². The first-order valence-electron chi connectivity index (χ1n) is 7.89. The number of aryl methyl sites for hydroxylation is 2. The Morgan fingerprint density at radius 1 is 1.41 bits per heavy atom. The predicted octanol–water partition coefficient (Wildman–Crippen LogP) is 2.63. The second kappa shape index (κ2) is 7.16. The average molecular weight is 388 g/mol. The van der Waals surface area contributed by atoms with Crippen molar-refractivity contribution >= 4 is 38.8 Å². The van der Waals surface area contributed by atoms with Crippen LogP contribution in [0.4, 0.5) is 11.4 Å². The minimum Gasteiger partial charge on any atom is -0.494 e. The van der Waals surface area contributed by atoms with Crippen LogP contribution in [-0.4, -0.2) is 27.5 Å². The topological polar surface area (TPSA) is 116 Å². The van der Waals surface area contributed by atoms with Gasteiger partial charge in [0.15, 0.2) is 0 Å². The fraction of sp³-hybridized carbons (Fsp3) is 0.235. The molecule has 10 heteroatoms. The van der Waals surface area contributed by atoms with Crippen molar-refractivity contribution in [3.8, 4) is 5.75 Å². The number of methoxy groups -OCH3 is 1. The molecule has 0 aliphatic rings. The predicted molar refractivity (Wildman–Crippen MR) is 102 cm³/mol. The lowest BCUT2D eigenvalue weighted by atomic mass is 10.2. The molecule has 9 nitrogen and oxygen atoms in total. The summed E-state index contributed by atoms with van der Waals surface area (Å²) in [5.41, 5.74) is 0.698. The minimum absolute atomic E-state index is 0.154. The van der Waals surface area contributed by atoms with Gasteiger partial charge >= 0.3 is 0 Å². The number of ether oxygens (including phenoxy) is 1. The van der Waals surface area contributed by atoms with Crippen molar-refractivity contribution < 1.29 is 14.5 Å². The number of rotatable bonds is 5. The lowest BCUT2D eigenvalue weighted by molar-refractivity contribution is -0.384. The number of hydrogen-bond donors (Lipinski definition) is 1. The van der Waals surface area contributed by atoms with Crippen LogP contribution in [0.5, 0.6) is 5.75 Å². The molecule has 0 fully saturated rings. The van der Waals surface area contributed by atoms with Gasteiger partial charge in [0.05, 0.1) is 35.5 Å². The molecule has 1 amide bonds. The van der Waals surface area contributed by atoms with Gasteiger partial charge in [-0.25, -0.2) is 4.98 Å². The normalized spacial score (nSPS) is 10.8. The summed E-state index contributed by atoms with van der Waals surface area (Å²) in [7, 11) is 1.35. The molecule has 0 aliphatic carbocycles. The van der Waals surface area contributed by atoms with E-state index >= 15 is 0 Å². The fourth-order valence-corrected chi connectivity index (χ4v) is 3.61. The van der Waals surface area contributed by atoms with Crippen molar-refractivity contribution in [3.63, 3.8) is 0 Å². The zero-order chi connectivity index (χ0) is 19.7. The number of nitro groups is 1. The molecule has 0 bridgehead atoms. The molecule has 2 aromatic heterocycles. The molecule has 2 heterocycles. The van der Waals surface area contributed by atoms with Crippen molar-refractivity contribution in [1.29, 1.82) is 0 Å². The van der Waals surface area contributed by atoms with Gasteiger partial charge in [-0.3, -0.25) is 24.3 Å². The Morgan fingerprint density at radius 2 is 2.15 bits per heavy atom. The summed E-state index contributed by atoms with van der Waals surface area (Å²) in [6.07, 6.45) is 1.34.